The van der Waals surface area contributed by atoms with Gasteiger partial charge < -0.3 is 10.2 Å². The number of imidazole rings is 1. The number of anilines is 3. The maximum atomic E-state index is 3.56. The number of rotatable bonds is 14. The number of benzene rings is 1. The van der Waals surface area contributed by atoms with E-state index in [1.54, 1.807) is 0 Å². The zero-order chi connectivity index (χ0) is 21.1. The third kappa shape index (κ3) is 7.97. The highest BCUT2D eigenvalue weighted by atomic mass is 15.4. The molecule has 0 radical (unpaired) electrons. The third-order valence-corrected chi connectivity index (χ3v) is 5.41. The molecule has 0 bridgehead atoms. The summed E-state index contributed by atoms with van der Waals surface area (Å²) in [5.74, 6) is 1.00. The summed E-state index contributed by atoms with van der Waals surface area (Å²) in [7, 11) is 6.29. The number of aryl methyl sites for hydroxylation is 3. The number of hydrogen-bond donors (Lipinski definition) is 3. The van der Waals surface area contributed by atoms with Gasteiger partial charge in [0.05, 0.1) is 32.2 Å². The van der Waals surface area contributed by atoms with Crippen LogP contribution < -0.4 is 20.7 Å². The molecule has 1 aromatic carbocycles. The molecule has 1 heterocycles. The molecule has 2 rings (SSSR count). The maximum Gasteiger partial charge on any atom is 0.378 e. The Morgan fingerprint density at radius 3 is 2.48 bits per heavy atom. The smallest absolute Gasteiger partial charge is 0.378 e. The molecule has 6 nitrogen and oxygen atoms in total. The first-order valence-electron chi connectivity index (χ1n) is 11.1. The van der Waals surface area contributed by atoms with Crippen molar-refractivity contribution in [2.75, 3.05) is 42.9 Å². The number of unbranched alkanes of at least 4 members (excludes halogenated alkanes) is 4. The van der Waals surface area contributed by atoms with Crippen molar-refractivity contribution >= 4 is 17.3 Å². The maximum absolute atomic E-state index is 3.56. The van der Waals surface area contributed by atoms with E-state index in [0.29, 0.717) is 0 Å². The number of aromatic nitrogens is 2. The first-order valence-corrected chi connectivity index (χ1v) is 11.1. The summed E-state index contributed by atoms with van der Waals surface area (Å²) >= 11 is 0. The predicted octanol–water partition coefficient (Wildman–Crippen LogP) is 4.30. The average Bonchev–Trinajstić information content (AvgIpc) is 3.02. The summed E-state index contributed by atoms with van der Waals surface area (Å²) in [5, 5.41) is 3.56. The number of nitrogens with zero attached hydrogens (tertiary/aromatic N) is 3. The minimum atomic E-state index is 1.00. The Kier molecular flexibility index (Phi) is 9.84. The van der Waals surface area contributed by atoms with Crippen LogP contribution in [0, 0.1) is 6.92 Å². The molecular weight excluding hydrogens is 360 g/mol. The first-order chi connectivity index (χ1) is 14.0. The molecule has 0 aliphatic rings. The highest BCUT2D eigenvalue weighted by Gasteiger charge is 2.10. The van der Waals surface area contributed by atoms with Crippen LogP contribution in [0.15, 0.2) is 30.6 Å². The Morgan fingerprint density at radius 2 is 1.79 bits per heavy atom. The van der Waals surface area contributed by atoms with Gasteiger partial charge in [0, 0.05) is 12.2 Å². The van der Waals surface area contributed by atoms with Gasteiger partial charge in [-0.1, -0.05) is 26.2 Å². The van der Waals surface area contributed by atoms with Crippen LogP contribution >= 0.6 is 0 Å². The Morgan fingerprint density at radius 1 is 1.03 bits per heavy atom. The summed E-state index contributed by atoms with van der Waals surface area (Å²) in [6.45, 7) is 7.90. The molecule has 0 aliphatic heterocycles. The normalized spacial score (nSPS) is 11.1. The standard InChI is InChI=1S/C23H40N6/c1-6-7-15-27(3)16-11-9-8-10-14-24-21-12-13-22(20(2)19-21)25-26-23-28(4)17-18-29(23)5/h12-13,17-19,24-25H,6-11,14-16H2,1-5H3/p+1. The van der Waals surface area contributed by atoms with E-state index in [0.717, 1.165) is 18.2 Å². The zero-order valence-corrected chi connectivity index (χ0v) is 19.1. The van der Waals surface area contributed by atoms with Gasteiger partial charge in [-0.2, -0.15) is 5.43 Å². The lowest BCUT2D eigenvalue weighted by molar-refractivity contribution is -0.656. The Hall–Kier alpha value is -2.21. The van der Waals surface area contributed by atoms with E-state index in [-0.39, 0.29) is 0 Å². The quantitative estimate of drug-likeness (QED) is 0.251. The third-order valence-electron chi connectivity index (χ3n) is 5.41. The highest BCUT2D eigenvalue weighted by Crippen LogP contribution is 2.20. The van der Waals surface area contributed by atoms with Gasteiger partial charge in [-0.15, -0.1) is 0 Å². The van der Waals surface area contributed by atoms with Gasteiger partial charge in [-0.25, -0.2) is 9.13 Å². The second-order valence-electron chi connectivity index (χ2n) is 8.12. The predicted molar refractivity (Wildman–Crippen MR) is 124 cm³/mol. The molecule has 0 amide bonds. The fourth-order valence-electron chi connectivity index (χ4n) is 3.44. The molecule has 0 atom stereocenters. The van der Waals surface area contributed by atoms with Crippen molar-refractivity contribution in [2.45, 2.75) is 52.4 Å². The van der Waals surface area contributed by atoms with Crippen LogP contribution in [0.3, 0.4) is 0 Å². The van der Waals surface area contributed by atoms with E-state index in [1.807, 2.05) is 35.6 Å². The van der Waals surface area contributed by atoms with E-state index in [2.05, 4.69) is 60.2 Å². The van der Waals surface area contributed by atoms with Crippen molar-refractivity contribution in [1.29, 1.82) is 0 Å². The highest BCUT2D eigenvalue weighted by molar-refractivity contribution is 5.60. The van der Waals surface area contributed by atoms with Gasteiger partial charge >= 0.3 is 5.95 Å². The lowest BCUT2D eigenvalue weighted by Gasteiger charge is -2.15. The topological polar surface area (TPSA) is 48.1 Å². The fraction of sp³-hybridized carbons (Fsp3) is 0.609. The Labute approximate surface area is 177 Å². The molecule has 0 unspecified atom stereocenters. The molecule has 162 valence electrons. The minimum absolute atomic E-state index is 1.00. The molecule has 6 heteroatoms. The lowest BCUT2D eigenvalue weighted by atomic mass is 10.1. The van der Waals surface area contributed by atoms with Crippen LogP contribution in [0.25, 0.3) is 0 Å². The molecule has 3 N–H and O–H groups in total. The van der Waals surface area contributed by atoms with Crippen LogP contribution in [0.5, 0.6) is 0 Å². The van der Waals surface area contributed by atoms with Crippen molar-refractivity contribution in [2.24, 2.45) is 14.1 Å². The number of hydrazine groups is 1. The molecule has 29 heavy (non-hydrogen) atoms. The summed E-state index contributed by atoms with van der Waals surface area (Å²) in [4.78, 5) is 2.47. The van der Waals surface area contributed by atoms with E-state index >= 15 is 0 Å². The van der Waals surface area contributed by atoms with E-state index in [1.165, 1.54) is 62.9 Å². The van der Waals surface area contributed by atoms with Crippen LogP contribution in [-0.2, 0) is 14.1 Å². The van der Waals surface area contributed by atoms with Crippen LogP contribution in [0.4, 0.5) is 17.3 Å². The largest absolute Gasteiger partial charge is 0.385 e. The average molecular weight is 402 g/mol. The number of hydrogen-bond acceptors (Lipinski definition) is 4. The lowest BCUT2D eigenvalue weighted by Crippen LogP contribution is -2.32. The van der Waals surface area contributed by atoms with Gasteiger partial charge in [-0.3, -0.25) is 5.43 Å². The molecule has 0 spiro atoms. The zero-order valence-electron chi connectivity index (χ0n) is 19.1. The van der Waals surface area contributed by atoms with Crippen molar-refractivity contribution in [3.05, 3.63) is 36.2 Å². The molecule has 0 saturated heterocycles. The van der Waals surface area contributed by atoms with Crippen molar-refractivity contribution in [3.63, 3.8) is 0 Å². The molecule has 0 fully saturated rings. The Bertz CT molecular complexity index is 705. The molecule has 0 aliphatic carbocycles. The first kappa shape index (κ1) is 23.1. The minimum Gasteiger partial charge on any atom is -0.385 e. The fourth-order valence-corrected chi connectivity index (χ4v) is 3.44. The van der Waals surface area contributed by atoms with Crippen LogP contribution in [-0.4, -0.2) is 36.1 Å². The van der Waals surface area contributed by atoms with Gasteiger partial charge in [0.15, 0.2) is 0 Å². The van der Waals surface area contributed by atoms with E-state index < -0.39 is 0 Å². The summed E-state index contributed by atoms with van der Waals surface area (Å²) in [6.07, 6.45) is 11.8. The Balaban J connectivity index is 1.63. The summed E-state index contributed by atoms with van der Waals surface area (Å²) < 4.78 is 4.09. The second kappa shape index (κ2) is 12.4. The van der Waals surface area contributed by atoms with Crippen molar-refractivity contribution < 1.29 is 4.57 Å². The van der Waals surface area contributed by atoms with E-state index in [4.69, 9.17) is 0 Å². The monoisotopic (exact) mass is 401 g/mol. The SMILES string of the molecule is CCCCN(C)CCCCCCNc1ccc(NNc2n(C)cc[n+]2C)c(C)c1. The van der Waals surface area contributed by atoms with Gasteiger partial charge in [0.25, 0.3) is 0 Å². The van der Waals surface area contributed by atoms with Gasteiger partial charge in [0.1, 0.15) is 0 Å². The molecule has 1 aromatic heterocycles. The van der Waals surface area contributed by atoms with Crippen molar-refractivity contribution in [1.82, 2.24) is 9.47 Å². The number of nitrogens with one attached hydrogen (secondary N) is 3. The van der Waals surface area contributed by atoms with Crippen molar-refractivity contribution in [3.8, 4) is 0 Å². The van der Waals surface area contributed by atoms with Crippen LogP contribution in [0.2, 0.25) is 0 Å². The summed E-state index contributed by atoms with van der Waals surface area (Å²) in [6, 6.07) is 6.47. The molecule has 0 saturated carbocycles. The molecular formula is C23H41N6+. The summed E-state index contributed by atoms with van der Waals surface area (Å²) in [5.41, 5.74) is 10.1. The van der Waals surface area contributed by atoms with Gasteiger partial charge in [-0.05, 0) is 70.1 Å². The molecule has 2 aromatic rings. The second-order valence-corrected chi connectivity index (χ2v) is 8.12. The van der Waals surface area contributed by atoms with Gasteiger partial charge in [0.2, 0.25) is 0 Å². The van der Waals surface area contributed by atoms with Crippen LogP contribution in [0.1, 0.15) is 51.0 Å². The van der Waals surface area contributed by atoms with E-state index in [9.17, 15) is 0 Å².